The maximum atomic E-state index is 12.8. The Bertz CT molecular complexity index is 992. The van der Waals surface area contributed by atoms with Gasteiger partial charge in [-0.05, 0) is 30.7 Å². The molecular formula is C19H16ClNO3. The van der Waals surface area contributed by atoms with E-state index >= 15 is 0 Å². The summed E-state index contributed by atoms with van der Waals surface area (Å²) in [6.45, 7) is 1.70. The van der Waals surface area contributed by atoms with Crippen LogP contribution in [0.25, 0.3) is 10.9 Å². The van der Waals surface area contributed by atoms with Gasteiger partial charge >= 0.3 is 5.97 Å². The number of aromatic nitrogens is 1. The van der Waals surface area contributed by atoms with Gasteiger partial charge in [-0.1, -0.05) is 41.4 Å². The number of pyridine rings is 1. The zero-order chi connectivity index (χ0) is 17.3. The predicted octanol–water partition coefficient (Wildman–Crippen LogP) is 3.64. The van der Waals surface area contributed by atoms with E-state index in [2.05, 4.69) is 0 Å². The van der Waals surface area contributed by atoms with E-state index in [0.29, 0.717) is 27.9 Å². The number of aryl methyl sites for hydroxylation is 1. The highest BCUT2D eigenvalue weighted by atomic mass is 35.5. The first-order chi connectivity index (χ1) is 11.5. The Morgan fingerprint density at radius 2 is 1.92 bits per heavy atom. The van der Waals surface area contributed by atoms with Crippen LogP contribution in [0.2, 0.25) is 5.02 Å². The van der Waals surface area contributed by atoms with E-state index in [1.807, 2.05) is 31.2 Å². The first-order valence-corrected chi connectivity index (χ1v) is 7.91. The van der Waals surface area contributed by atoms with Gasteiger partial charge in [0, 0.05) is 28.6 Å². The number of carboxylic acids is 1. The fourth-order valence-corrected chi connectivity index (χ4v) is 3.02. The molecule has 0 unspecified atom stereocenters. The van der Waals surface area contributed by atoms with Crippen LogP contribution >= 0.6 is 11.6 Å². The third-order valence-corrected chi connectivity index (χ3v) is 4.32. The summed E-state index contributed by atoms with van der Waals surface area (Å²) in [5.41, 5.74) is 2.86. The molecule has 2 aromatic carbocycles. The summed E-state index contributed by atoms with van der Waals surface area (Å²) in [6.07, 6.45) is 1.99. The van der Waals surface area contributed by atoms with Crippen LogP contribution < -0.4 is 5.43 Å². The van der Waals surface area contributed by atoms with Crippen LogP contribution in [0.1, 0.15) is 16.7 Å². The van der Waals surface area contributed by atoms with Crippen molar-refractivity contribution in [3.8, 4) is 0 Å². The van der Waals surface area contributed by atoms with Crippen molar-refractivity contribution in [2.75, 3.05) is 0 Å². The number of fused-ring (bicyclic) bond motifs is 1. The third-order valence-electron chi connectivity index (χ3n) is 3.95. The van der Waals surface area contributed by atoms with Crippen LogP contribution in [0, 0.1) is 6.92 Å². The van der Waals surface area contributed by atoms with Gasteiger partial charge in [-0.25, -0.2) is 0 Å². The summed E-state index contributed by atoms with van der Waals surface area (Å²) in [5.74, 6) is -0.954. The molecule has 0 bridgehead atoms. The van der Waals surface area contributed by atoms with Gasteiger partial charge in [-0.15, -0.1) is 0 Å². The Labute approximate surface area is 143 Å². The van der Waals surface area contributed by atoms with E-state index in [0.717, 1.165) is 11.1 Å². The van der Waals surface area contributed by atoms with Crippen molar-refractivity contribution in [2.45, 2.75) is 19.9 Å². The topological polar surface area (TPSA) is 59.3 Å². The molecule has 4 nitrogen and oxygen atoms in total. The van der Waals surface area contributed by atoms with Gasteiger partial charge in [0.1, 0.15) is 6.54 Å². The largest absolute Gasteiger partial charge is 0.480 e. The van der Waals surface area contributed by atoms with Crippen LogP contribution in [0.4, 0.5) is 0 Å². The Balaban J connectivity index is 2.20. The number of carboxylic acid groups (broad SMARTS) is 1. The second-order valence-electron chi connectivity index (χ2n) is 5.79. The normalized spacial score (nSPS) is 10.9. The van der Waals surface area contributed by atoms with Gasteiger partial charge in [0.2, 0.25) is 0 Å². The molecule has 0 aliphatic carbocycles. The molecule has 0 atom stereocenters. The molecule has 24 heavy (non-hydrogen) atoms. The van der Waals surface area contributed by atoms with E-state index in [4.69, 9.17) is 16.7 Å². The first kappa shape index (κ1) is 16.3. The molecule has 0 aliphatic heterocycles. The smallest absolute Gasteiger partial charge is 0.323 e. The van der Waals surface area contributed by atoms with Crippen molar-refractivity contribution < 1.29 is 9.90 Å². The summed E-state index contributed by atoms with van der Waals surface area (Å²) < 4.78 is 1.60. The molecule has 1 aromatic heterocycles. The van der Waals surface area contributed by atoms with Crippen molar-refractivity contribution in [2.24, 2.45) is 0 Å². The quantitative estimate of drug-likeness (QED) is 0.788. The molecule has 122 valence electrons. The number of halogens is 1. The van der Waals surface area contributed by atoms with Crippen LogP contribution in [0.3, 0.4) is 0 Å². The highest BCUT2D eigenvalue weighted by Gasteiger charge is 2.12. The van der Waals surface area contributed by atoms with Crippen molar-refractivity contribution in [1.82, 2.24) is 4.57 Å². The van der Waals surface area contributed by atoms with Crippen LogP contribution in [0.5, 0.6) is 0 Å². The molecule has 3 aromatic rings. The summed E-state index contributed by atoms with van der Waals surface area (Å²) in [4.78, 5) is 24.0. The maximum absolute atomic E-state index is 12.8. The molecule has 0 spiro atoms. The zero-order valence-corrected chi connectivity index (χ0v) is 13.9. The number of hydrogen-bond acceptors (Lipinski definition) is 2. The summed E-state index contributed by atoms with van der Waals surface area (Å²) >= 11 is 6.19. The van der Waals surface area contributed by atoms with Gasteiger partial charge in [-0.2, -0.15) is 0 Å². The van der Waals surface area contributed by atoms with Crippen molar-refractivity contribution >= 4 is 28.5 Å². The zero-order valence-electron chi connectivity index (χ0n) is 13.1. The standard InChI is InChI=1S/C19H16ClNO3/c1-12-6-7-17-15(8-12)19(24)14(10-21(17)11-18(22)23)9-13-4-2-3-5-16(13)20/h2-8,10H,9,11H2,1H3,(H,22,23). The van der Waals surface area contributed by atoms with E-state index in [9.17, 15) is 9.59 Å². The fourth-order valence-electron chi connectivity index (χ4n) is 2.82. The summed E-state index contributed by atoms with van der Waals surface area (Å²) in [7, 11) is 0. The molecule has 1 heterocycles. The molecule has 0 saturated heterocycles. The Hall–Kier alpha value is -2.59. The number of benzene rings is 2. The van der Waals surface area contributed by atoms with E-state index in [1.165, 1.54) is 0 Å². The first-order valence-electron chi connectivity index (χ1n) is 7.53. The Morgan fingerprint density at radius 1 is 1.17 bits per heavy atom. The minimum absolute atomic E-state index is 0.0877. The molecule has 5 heteroatoms. The van der Waals surface area contributed by atoms with Gasteiger partial charge in [0.25, 0.3) is 0 Å². The number of hydrogen-bond donors (Lipinski definition) is 1. The van der Waals surface area contributed by atoms with Crippen molar-refractivity contribution in [3.05, 3.63) is 80.6 Å². The lowest BCUT2D eigenvalue weighted by Gasteiger charge is -2.13. The molecule has 0 radical (unpaired) electrons. The van der Waals surface area contributed by atoms with Crippen molar-refractivity contribution in [1.29, 1.82) is 0 Å². The van der Waals surface area contributed by atoms with Crippen LogP contribution in [-0.2, 0) is 17.8 Å². The average molecular weight is 342 g/mol. The highest BCUT2D eigenvalue weighted by molar-refractivity contribution is 6.31. The maximum Gasteiger partial charge on any atom is 0.323 e. The lowest BCUT2D eigenvalue weighted by atomic mass is 10.0. The fraction of sp³-hybridized carbons (Fsp3) is 0.158. The highest BCUT2D eigenvalue weighted by Crippen LogP contribution is 2.20. The minimum atomic E-state index is -0.954. The summed E-state index contributed by atoms with van der Waals surface area (Å²) in [5, 5.41) is 10.3. The van der Waals surface area contributed by atoms with E-state index < -0.39 is 5.97 Å². The summed E-state index contributed by atoms with van der Waals surface area (Å²) in [6, 6.07) is 12.8. The van der Waals surface area contributed by atoms with E-state index in [-0.39, 0.29) is 12.0 Å². The Morgan fingerprint density at radius 3 is 2.62 bits per heavy atom. The van der Waals surface area contributed by atoms with Gasteiger partial charge in [0.15, 0.2) is 5.43 Å². The van der Waals surface area contributed by atoms with Gasteiger partial charge in [-0.3, -0.25) is 9.59 Å². The molecule has 0 amide bonds. The monoisotopic (exact) mass is 341 g/mol. The predicted molar refractivity (Wildman–Crippen MR) is 94.8 cm³/mol. The van der Waals surface area contributed by atoms with Gasteiger partial charge < -0.3 is 9.67 Å². The SMILES string of the molecule is Cc1ccc2c(c1)c(=O)c(Cc1ccccc1Cl)cn2CC(=O)O. The lowest BCUT2D eigenvalue weighted by molar-refractivity contribution is -0.137. The second kappa shape index (κ2) is 6.49. The Kier molecular flexibility index (Phi) is 4.40. The van der Waals surface area contributed by atoms with E-state index in [1.54, 1.807) is 29.0 Å². The molecule has 0 saturated carbocycles. The molecule has 1 N–H and O–H groups in total. The third kappa shape index (κ3) is 3.19. The lowest BCUT2D eigenvalue weighted by Crippen LogP contribution is -2.18. The average Bonchev–Trinajstić information content (AvgIpc) is 2.53. The number of aliphatic carboxylic acids is 1. The number of rotatable bonds is 4. The van der Waals surface area contributed by atoms with Crippen LogP contribution in [-0.4, -0.2) is 15.6 Å². The molecular weight excluding hydrogens is 326 g/mol. The van der Waals surface area contributed by atoms with Crippen molar-refractivity contribution in [3.63, 3.8) is 0 Å². The van der Waals surface area contributed by atoms with Crippen LogP contribution in [0.15, 0.2) is 53.5 Å². The molecule has 0 fully saturated rings. The van der Waals surface area contributed by atoms with Gasteiger partial charge in [0.05, 0.1) is 5.52 Å². The number of nitrogens with zero attached hydrogens (tertiary/aromatic N) is 1. The second-order valence-corrected chi connectivity index (χ2v) is 6.20. The number of carbonyl (C=O) groups is 1. The molecule has 3 rings (SSSR count). The molecule has 0 aliphatic rings. The minimum Gasteiger partial charge on any atom is -0.480 e.